The number of hydrogen-bond donors (Lipinski definition) is 3. The van der Waals surface area contributed by atoms with Gasteiger partial charge in [-0.1, -0.05) is 57.7 Å². The predicted octanol–water partition coefficient (Wildman–Crippen LogP) is 3.55. The Morgan fingerprint density at radius 1 is 1.26 bits per heavy atom. The molecule has 204 valence electrons. The van der Waals surface area contributed by atoms with Crippen molar-refractivity contribution in [2.75, 3.05) is 13.2 Å². The number of aliphatic hydroxyl groups excluding tert-OH is 2. The van der Waals surface area contributed by atoms with E-state index in [4.69, 9.17) is 9.47 Å². The number of hydrogen-bond acceptors (Lipinski definition) is 7. The maximum atomic E-state index is 14.5. The van der Waals surface area contributed by atoms with Gasteiger partial charge >= 0.3 is 5.97 Å². The maximum absolute atomic E-state index is 14.5. The number of aliphatic hydroxyl groups is 3. The molecule has 4 aliphatic carbocycles. The second-order valence-electron chi connectivity index (χ2n) is 12.2. The molecule has 0 saturated heterocycles. The third-order valence-electron chi connectivity index (χ3n) is 9.92. The van der Waals surface area contributed by atoms with Gasteiger partial charge in [-0.3, -0.25) is 4.79 Å². The number of ether oxygens (including phenoxy) is 2. The summed E-state index contributed by atoms with van der Waals surface area (Å²) in [6, 6.07) is 5.18. The summed E-state index contributed by atoms with van der Waals surface area (Å²) in [5.74, 6) is -1.16. The Balaban J connectivity index is 1.61. The van der Waals surface area contributed by atoms with Crippen LogP contribution in [0.1, 0.15) is 50.0 Å². The predicted molar refractivity (Wildman–Crippen MR) is 141 cm³/mol. The summed E-state index contributed by atoms with van der Waals surface area (Å²) >= 11 is 0. The molecular weight excluding hydrogens is 484 g/mol. The van der Waals surface area contributed by atoms with E-state index in [9.17, 15) is 24.9 Å². The fourth-order valence-corrected chi connectivity index (χ4v) is 7.93. The van der Waals surface area contributed by atoms with Crippen molar-refractivity contribution in [3.63, 3.8) is 0 Å². The number of carbonyl (C=O) groups excluding carboxylic acids is 2. The molecule has 2 bridgehead atoms. The minimum absolute atomic E-state index is 0.0553. The van der Waals surface area contributed by atoms with Crippen molar-refractivity contribution in [2.45, 2.75) is 58.8 Å². The number of benzene rings is 1. The van der Waals surface area contributed by atoms with Gasteiger partial charge in [-0.2, -0.15) is 0 Å². The van der Waals surface area contributed by atoms with Crippen molar-refractivity contribution in [1.82, 2.24) is 0 Å². The first-order valence-corrected chi connectivity index (χ1v) is 13.4. The van der Waals surface area contributed by atoms with Gasteiger partial charge in [-0.05, 0) is 66.2 Å². The number of carbonyl (C=O) groups is 2. The van der Waals surface area contributed by atoms with Crippen molar-refractivity contribution in [2.24, 2.45) is 34.5 Å². The van der Waals surface area contributed by atoms with E-state index < -0.39 is 41.7 Å². The number of ketones is 1. The van der Waals surface area contributed by atoms with Crippen molar-refractivity contribution in [3.05, 3.63) is 65.3 Å². The van der Waals surface area contributed by atoms with E-state index in [0.29, 0.717) is 23.3 Å². The summed E-state index contributed by atoms with van der Waals surface area (Å²) < 4.78 is 11.7. The number of esters is 1. The Bertz CT molecular complexity index is 1260. The number of rotatable bonds is 6. The van der Waals surface area contributed by atoms with Crippen LogP contribution in [0, 0.1) is 41.4 Å². The molecule has 3 N–H and O–H groups in total. The van der Waals surface area contributed by atoms with Gasteiger partial charge in [0.05, 0.1) is 12.0 Å². The van der Waals surface area contributed by atoms with Crippen LogP contribution in [-0.4, -0.2) is 58.1 Å². The average molecular weight is 523 g/mol. The quantitative estimate of drug-likeness (QED) is 0.387. The van der Waals surface area contributed by atoms with Gasteiger partial charge in [0.15, 0.2) is 17.5 Å². The zero-order valence-electron chi connectivity index (χ0n) is 22.7. The normalized spacial score (nSPS) is 38.6. The molecule has 38 heavy (non-hydrogen) atoms. The Morgan fingerprint density at radius 3 is 2.63 bits per heavy atom. The van der Waals surface area contributed by atoms with Crippen LogP contribution in [0.15, 0.2) is 54.2 Å². The molecule has 4 aliphatic rings. The second kappa shape index (κ2) is 8.90. The van der Waals surface area contributed by atoms with Crippen LogP contribution in [0.25, 0.3) is 0 Å². The largest absolute Gasteiger partial charge is 0.489 e. The molecular formula is C31H38O7. The maximum Gasteiger partial charge on any atom is 0.342 e. The fourth-order valence-electron chi connectivity index (χ4n) is 7.93. The lowest BCUT2D eigenvalue weighted by Gasteiger charge is -2.48. The van der Waals surface area contributed by atoms with E-state index in [-0.39, 0.29) is 46.7 Å². The van der Waals surface area contributed by atoms with Crippen LogP contribution in [0.5, 0.6) is 5.75 Å². The summed E-state index contributed by atoms with van der Waals surface area (Å²) in [4.78, 5) is 28.1. The summed E-state index contributed by atoms with van der Waals surface area (Å²) in [5, 5.41) is 34.5. The van der Waals surface area contributed by atoms with E-state index in [1.54, 1.807) is 50.3 Å². The van der Waals surface area contributed by atoms with Crippen molar-refractivity contribution < 1.29 is 34.4 Å². The van der Waals surface area contributed by atoms with Crippen LogP contribution in [0.2, 0.25) is 0 Å². The Morgan fingerprint density at radius 2 is 1.97 bits per heavy atom. The van der Waals surface area contributed by atoms with Crippen molar-refractivity contribution >= 4 is 11.8 Å². The molecule has 0 unspecified atom stereocenters. The molecule has 2 fully saturated rings. The van der Waals surface area contributed by atoms with Gasteiger partial charge in [0, 0.05) is 5.92 Å². The van der Waals surface area contributed by atoms with E-state index in [1.807, 2.05) is 6.92 Å². The number of Topliss-reactive ketones (excluding diaryl/α,β-unsaturated/α-hetero) is 1. The van der Waals surface area contributed by atoms with E-state index >= 15 is 0 Å². The van der Waals surface area contributed by atoms with Crippen LogP contribution in [-0.2, 0) is 9.53 Å². The zero-order valence-corrected chi connectivity index (χ0v) is 22.7. The standard InChI is InChI=1S/C31H38O7/c1-7-11-37-22-10-8-9-16(2)23(22)28(35)38-27-17(3)14-30-18(4)12-21-24(29(21,5)6)20(26(30)34)13-19(15-32)25(33)31(27,30)36/h7-10,13-14,18,20-21,24-25,27,32-33,36H,1,11-12,15H2,2-6H3/t18-,20+,21-,24+,25-,27+,30+,31+/m1/s1. The lowest BCUT2D eigenvalue weighted by Crippen LogP contribution is -2.65. The van der Waals surface area contributed by atoms with Crippen LogP contribution >= 0.6 is 0 Å². The fraction of sp³-hybridized carbons (Fsp3) is 0.548. The minimum Gasteiger partial charge on any atom is -0.489 e. The molecule has 0 amide bonds. The van der Waals surface area contributed by atoms with Gasteiger partial charge in [0.1, 0.15) is 24.0 Å². The molecule has 7 heteroatoms. The van der Waals surface area contributed by atoms with E-state index in [0.717, 1.165) is 0 Å². The minimum atomic E-state index is -2.18. The van der Waals surface area contributed by atoms with Gasteiger partial charge in [-0.15, -0.1) is 0 Å². The van der Waals surface area contributed by atoms with Gasteiger partial charge in [0.25, 0.3) is 0 Å². The third-order valence-corrected chi connectivity index (χ3v) is 9.92. The first-order chi connectivity index (χ1) is 17.9. The average Bonchev–Trinajstić information content (AvgIpc) is 3.36. The smallest absolute Gasteiger partial charge is 0.342 e. The highest BCUT2D eigenvalue weighted by Gasteiger charge is 2.76. The summed E-state index contributed by atoms with van der Waals surface area (Å²) in [7, 11) is 0. The van der Waals surface area contributed by atoms with Gasteiger partial charge in [-0.25, -0.2) is 4.79 Å². The summed E-state index contributed by atoms with van der Waals surface area (Å²) in [5.41, 5.74) is -2.22. The highest BCUT2D eigenvalue weighted by molar-refractivity contribution is 5.97. The molecule has 0 aromatic heterocycles. The van der Waals surface area contributed by atoms with Crippen LogP contribution in [0.3, 0.4) is 0 Å². The third kappa shape index (κ3) is 3.38. The highest BCUT2D eigenvalue weighted by Crippen LogP contribution is 2.71. The molecule has 0 aliphatic heterocycles. The molecule has 1 spiro atoms. The molecule has 7 nitrogen and oxygen atoms in total. The molecule has 0 radical (unpaired) electrons. The molecule has 1 aromatic carbocycles. The van der Waals surface area contributed by atoms with Crippen molar-refractivity contribution in [3.8, 4) is 5.75 Å². The Kier molecular flexibility index (Phi) is 6.29. The van der Waals surface area contributed by atoms with Crippen LogP contribution < -0.4 is 4.74 Å². The van der Waals surface area contributed by atoms with E-state index in [1.165, 1.54) is 0 Å². The molecule has 1 aromatic rings. The summed E-state index contributed by atoms with van der Waals surface area (Å²) in [6.45, 7) is 13.0. The van der Waals surface area contributed by atoms with Gasteiger partial charge < -0.3 is 24.8 Å². The summed E-state index contributed by atoms with van der Waals surface area (Å²) in [6.07, 6.45) is 2.74. The highest BCUT2D eigenvalue weighted by atomic mass is 16.6. The van der Waals surface area contributed by atoms with Crippen LogP contribution in [0.4, 0.5) is 0 Å². The first-order valence-electron chi connectivity index (χ1n) is 13.4. The second-order valence-corrected chi connectivity index (χ2v) is 12.2. The lowest BCUT2D eigenvalue weighted by molar-refractivity contribution is -0.190. The SMILES string of the molecule is C=CCOc1cccc(C)c1C(=O)O[C@H]1C(C)=C[C@]23C(=O)[C@@H](C=C(CO)[C@@H](O)[C@]12O)[C@H]1[C@@H](C[C@H]3C)C1(C)C. The van der Waals surface area contributed by atoms with Crippen molar-refractivity contribution in [1.29, 1.82) is 0 Å². The number of fused-ring (bicyclic) bond motifs is 3. The van der Waals surface area contributed by atoms with E-state index in [2.05, 4.69) is 20.4 Å². The lowest BCUT2D eigenvalue weighted by atomic mass is 9.59. The Hall–Kier alpha value is -2.74. The molecule has 0 heterocycles. The molecule has 2 saturated carbocycles. The topological polar surface area (TPSA) is 113 Å². The van der Waals surface area contributed by atoms with Gasteiger partial charge in [0.2, 0.25) is 0 Å². The molecule has 8 atom stereocenters. The first kappa shape index (κ1) is 26.9. The number of aryl methyl sites for hydroxylation is 1. The molecule has 5 rings (SSSR count). The zero-order chi connectivity index (χ0) is 27.8. The number of allylic oxidation sites excluding steroid dienone is 1. The Labute approximate surface area is 223 Å². The monoisotopic (exact) mass is 522 g/mol.